The highest BCUT2D eigenvalue weighted by molar-refractivity contribution is 8.18. The molecule has 6 heteroatoms. The van der Waals surface area contributed by atoms with Gasteiger partial charge in [0.05, 0.1) is 24.8 Å². The molecule has 2 aromatic rings. The summed E-state index contributed by atoms with van der Waals surface area (Å²) in [7, 11) is 3.19. The van der Waals surface area contributed by atoms with Gasteiger partial charge in [-0.25, -0.2) is 4.99 Å². The number of ether oxygens (including phenoxy) is 2. The Morgan fingerprint density at radius 3 is 2.42 bits per heavy atom. The normalized spacial score (nSPS) is 16.8. The molecule has 0 bridgehead atoms. The van der Waals surface area contributed by atoms with Crippen LogP contribution in [-0.2, 0) is 4.79 Å². The number of hydrogen-bond acceptors (Lipinski definition) is 5. The number of carbonyl (C=O) groups excluding carboxylic acids is 1. The molecular formula is C20H20N2O3S. The van der Waals surface area contributed by atoms with Crippen LogP contribution in [0.1, 0.15) is 16.7 Å². The van der Waals surface area contributed by atoms with Gasteiger partial charge in [0, 0.05) is 0 Å². The highest BCUT2D eigenvalue weighted by Crippen LogP contribution is 2.34. The number of benzene rings is 2. The summed E-state index contributed by atoms with van der Waals surface area (Å²) in [6.07, 6.45) is 1.84. The SMILES string of the molecule is COc1cc(C)c(/C=C2\SC(=Nc3ccccc3C)NC2=O)cc1OC. The molecule has 1 aliphatic rings. The van der Waals surface area contributed by atoms with E-state index in [2.05, 4.69) is 10.3 Å². The van der Waals surface area contributed by atoms with E-state index in [1.54, 1.807) is 14.2 Å². The van der Waals surface area contributed by atoms with Crippen LogP contribution >= 0.6 is 11.8 Å². The third kappa shape index (κ3) is 3.75. The van der Waals surface area contributed by atoms with Gasteiger partial charge in [0.15, 0.2) is 16.7 Å². The van der Waals surface area contributed by atoms with Gasteiger partial charge in [-0.15, -0.1) is 0 Å². The van der Waals surface area contributed by atoms with E-state index in [1.165, 1.54) is 11.8 Å². The van der Waals surface area contributed by atoms with Gasteiger partial charge in [-0.05, 0) is 66.6 Å². The third-order valence-corrected chi connectivity index (χ3v) is 4.96. The number of amidine groups is 1. The quantitative estimate of drug-likeness (QED) is 0.821. The van der Waals surface area contributed by atoms with E-state index < -0.39 is 0 Å². The van der Waals surface area contributed by atoms with Crippen LogP contribution in [0.15, 0.2) is 46.3 Å². The molecule has 2 aromatic carbocycles. The number of nitrogens with zero attached hydrogens (tertiary/aromatic N) is 1. The molecule has 1 N–H and O–H groups in total. The van der Waals surface area contributed by atoms with Crippen molar-refractivity contribution in [1.29, 1.82) is 0 Å². The van der Waals surface area contributed by atoms with E-state index in [0.29, 0.717) is 21.6 Å². The predicted octanol–water partition coefficient (Wildman–Crippen LogP) is 4.21. The zero-order valence-electron chi connectivity index (χ0n) is 15.1. The summed E-state index contributed by atoms with van der Waals surface area (Å²) in [5, 5.41) is 3.40. The van der Waals surface area contributed by atoms with Crippen molar-refractivity contribution in [3.05, 3.63) is 58.0 Å². The first-order chi connectivity index (χ1) is 12.5. The van der Waals surface area contributed by atoms with Crippen LogP contribution in [0.25, 0.3) is 6.08 Å². The Bertz CT molecular complexity index is 919. The van der Waals surface area contributed by atoms with E-state index in [0.717, 1.165) is 22.4 Å². The topological polar surface area (TPSA) is 59.9 Å². The van der Waals surface area contributed by atoms with E-state index in [4.69, 9.17) is 9.47 Å². The van der Waals surface area contributed by atoms with Crippen molar-refractivity contribution in [2.24, 2.45) is 4.99 Å². The molecule has 1 aliphatic heterocycles. The zero-order chi connectivity index (χ0) is 18.7. The average Bonchev–Trinajstić information content (AvgIpc) is 2.97. The Labute approximate surface area is 157 Å². The first-order valence-corrected chi connectivity index (χ1v) is 8.91. The van der Waals surface area contributed by atoms with Gasteiger partial charge in [-0.1, -0.05) is 18.2 Å². The van der Waals surface area contributed by atoms with E-state index >= 15 is 0 Å². The number of methoxy groups -OCH3 is 2. The molecule has 0 atom stereocenters. The minimum atomic E-state index is -0.156. The van der Waals surface area contributed by atoms with Crippen LogP contribution in [0.3, 0.4) is 0 Å². The van der Waals surface area contributed by atoms with Gasteiger partial charge in [-0.2, -0.15) is 0 Å². The Kier molecular flexibility index (Phi) is 5.32. The fraction of sp³-hybridized carbons (Fsp3) is 0.200. The first kappa shape index (κ1) is 18.1. The number of para-hydroxylation sites is 1. The maximum absolute atomic E-state index is 12.3. The lowest BCUT2D eigenvalue weighted by molar-refractivity contribution is -0.115. The van der Waals surface area contributed by atoms with Gasteiger partial charge in [0.1, 0.15) is 0 Å². The van der Waals surface area contributed by atoms with Crippen molar-refractivity contribution in [2.75, 3.05) is 14.2 Å². The van der Waals surface area contributed by atoms with Gasteiger partial charge in [0.25, 0.3) is 5.91 Å². The summed E-state index contributed by atoms with van der Waals surface area (Å²) >= 11 is 1.33. The molecule has 3 rings (SSSR count). The van der Waals surface area contributed by atoms with E-state index in [1.807, 2.05) is 56.3 Å². The number of amides is 1. The van der Waals surface area contributed by atoms with Crippen LogP contribution in [-0.4, -0.2) is 25.3 Å². The van der Waals surface area contributed by atoms with Crippen molar-refractivity contribution in [2.45, 2.75) is 13.8 Å². The second-order valence-electron chi connectivity index (χ2n) is 5.83. The zero-order valence-corrected chi connectivity index (χ0v) is 15.9. The van der Waals surface area contributed by atoms with Crippen molar-refractivity contribution in [3.8, 4) is 11.5 Å². The number of thioether (sulfide) groups is 1. The molecule has 5 nitrogen and oxygen atoms in total. The molecule has 0 aromatic heterocycles. The number of hydrogen-bond donors (Lipinski definition) is 1. The Morgan fingerprint density at radius 1 is 1.04 bits per heavy atom. The minimum Gasteiger partial charge on any atom is -0.493 e. The first-order valence-electron chi connectivity index (χ1n) is 8.09. The van der Waals surface area contributed by atoms with Gasteiger partial charge < -0.3 is 14.8 Å². The van der Waals surface area contributed by atoms with Gasteiger partial charge in [-0.3, -0.25) is 4.79 Å². The summed E-state index contributed by atoms with van der Waals surface area (Å²) in [5.41, 5.74) is 3.80. The Hall–Kier alpha value is -2.73. The fourth-order valence-corrected chi connectivity index (χ4v) is 3.40. The van der Waals surface area contributed by atoms with E-state index in [-0.39, 0.29) is 5.91 Å². The van der Waals surface area contributed by atoms with Crippen LogP contribution < -0.4 is 14.8 Å². The molecule has 1 heterocycles. The lowest BCUT2D eigenvalue weighted by Crippen LogP contribution is -2.19. The van der Waals surface area contributed by atoms with Crippen molar-refractivity contribution in [3.63, 3.8) is 0 Å². The monoisotopic (exact) mass is 368 g/mol. The van der Waals surface area contributed by atoms with Crippen LogP contribution in [0.4, 0.5) is 5.69 Å². The number of aliphatic imine (C=N–C) groups is 1. The van der Waals surface area contributed by atoms with Crippen LogP contribution in [0.5, 0.6) is 11.5 Å². The Morgan fingerprint density at radius 2 is 1.73 bits per heavy atom. The lowest BCUT2D eigenvalue weighted by atomic mass is 10.1. The molecule has 26 heavy (non-hydrogen) atoms. The summed E-state index contributed by atoms with van der Waals surface area (Å²) in [6, 6.07) is 11.6. The summed E-state index contributed by atoms with van der Waals surface area (Å²) in [5.74, 6) is 1.14. The van der Waals surface area contributed by atoms with Crippen molar-refractivity contribution < 1.29 is 14.3 Å². The average molecular weight is 368 g/mol. The number of aryl methyl sites for hydroxylation is 2. The maximum atomic E-state index is 12.3. The van der Waals surface area contributed by atoms with Crippen LogP contribution in [0.2, 0.25) is 0 Å². The second kappa shape index (κ2) is 7.66. The largest absolute Gasteiger partial charge is 0.493 e. The number of rotatable bonds is 4. The highest BCUT2D eigenvalue weighted by atomic mass is 32.2. The molecule has 0 unspecified atom stereocenters. The summed E-state index contributed by atoms with van der Waals surface area (Å²) in [4.78, 5) is 17.5. The molecule has 0 radical (unpaired) electrons. The molecule has 1 fully saturated rings. The molecular weight excluding hydrogens is 348 g/mol. The van der Waals surface area contributed by atoms with E-state index in [9.17, 15) is 4.79 Å². The smallest absolute Gasteiger partial charge is 0.264 e. The standard InChI is InChI=1S/C20H20N2O3S/c1-12-7-5-6-8-15(12)21-20-22-19(23)18(26-20)11-14-10-17(25-4)16(24-3)9-13(14)2/h5-11H,1-4H3,(H,21,22,23)/b18-11-. The molecule has 0 spiro atoms. The molecule has 1 saturated heterocycles. The minimum absolute atomic E-state index is 0.156. The molecule has 1 amide bonds. The number of nitrogens with one attached hydrogen (secondary N) is 1. The molecule has 134 valence electrons. The van der Waals surface area contributed by atoms with Crippen molar-refractivity contribution in [1.82, 2.24) is 5.32 Å². The third-order valence-electron chi connectivity index (χ3n) is 4.05. The van der Waals surface area contributed by atoms with Gasteiger partial charge in [0.2, 0.25) is 0 Å². The van der Waals surface area contributed by atoms with Crippen molar-refractivity contribution >= 4 is 34.6 Å². The summed E-state index contributed by atoms with van der Waals surface area (Å²) < 4.78 is 10.7. The fourth-order valence-electron chi connectivity index (χ4n) is 2.57. The van der Waals surface area contributed by atoms with Gasteiger partial charge >= 0.3 is 0 Å². The second-order valence-corrected chi connectivity index (χ2v) is 6.86. The number of carbonyl (C=O) groups is 1. The maximum Gasteiger partial charge on any atom is 0.264 e. The predicted molar refractivity (Wildman–Crippen MR) is 106 cm³/mol. The molecule has 0 aliphatic carbocycles. The molecule has 0 saturated carbocycles. The van der Waals surface area contributed by atoms with Crippen LogP contribution in [0, 0.1) is 13.8 Å². The Balaban J connectivity index is 1.91. The highest BCUT2D eigenvalue weighted by Gasteiger charge is 2.24. The lowest BCUT2D eigenvalue weighted by Gasteiger charge is -2.10. The summed E-state index contributed by atoms with van der Waals surface area (Å²) in [6.45, 7) is 3.96.